The molecule has 9 heteroatoms. The van der Waals surface area contributed by atoms with Crippen molar-refractivity contribution >= 4 is 16.7 Å². The number of fused-ring (bicyclic) bond motifs is 1. The molecule has 35 heavy (non-hydrogen) atoms. The summed E-state index contributed by atoms with van der Waals surface area (Å²) >= 11 is 0. The maximum Gasteiger partial charge on any atom is 0.275 e. The van der Waals surface area contributed by atoms with Gasteiger partial charge in [-0.2, -0.15) is 10.2 Å². The number of carbonyl (C=O) groups is 1. The molecule has 0 aliphatic rings. The molecule has 2 aromatic carbocycles. The summed E-state index contributed by atoms with van der Waals surface area (Å²) in [5, 5.41) is 13.0. The predicted octanol–water partition coefficient (Wildman–Crippen LogP) is 2.53. The lowest BCUT2D eigenvalue weighted by atomic mass is 10.1. The van der Waals surface area contributed by atoms with Crippen molar-refractivity contribution in [3.8, 4) is 17.0 Å². The number of aryl methyl sites for hydroxylation is 1. The van der Waals surface area contributed by atoms with Crippen LogP contribution in [0.15, 0.2) is 70.3 Å². The Bertz CT molecular complexity index is 1470. The highest BCUT2D eigenvalue weighted by molar-refractivity contribution is 5.83. The van der Waals surface area contributed by atoms with Gasteiger partial charge >= 0.3 is 0 Å². The van der Waals surface area contributed by atoms with Gasteiger partial charge in [0.1, 0.15) is 12.3 Å². The first-order valence-electron chi connectivity index (χ1n) is 11.4. The summed E-state index contributed by atoms with van der Waals surface area (Å²) in [6.07, 6.45) is 0.575. The summed E-state index contributed by atoms with van der Waals surface area (Å²) in [6.45, 7) is 3.70. The van der Waals surface area contributed by atoms with E-state index in [1.54, 1.807) is 32.2 Å². The third-order valence-electron chi connectivity index (χ3n) is 5.85. The van der Waals surface area contributed by atoms with Gasteiger partial charge in [-0.3, -0.25) is 14.4 Å². The fourth-order valence-electron chi connectivity index (χ4n) is 3.90. The number of amides is 1. The molecule has 180 valence electrons. The second-order valence-corrected chi connectivity index (χ2v) is 8.23. The SMILES string of the molecule is CC[C@H](Cn1nc(-c2ccc(OC)cc2)ccc1=O)NC(=O)Cn1nc(C)c2ccccc2c1=O. The summed E-state index contributed by atoms with van der Waals surface area (Å²) < 4.78 is 7.71. The minimum atomic E-state index is -0.361. The highest BCUT2D eigenvalue weighted by atomic mass is 16.5. The molecule has 4 aromatic rings. The van der Waals surface area contributed by atoms with Gasteiger partial charge in [-0.1, -0.05) is 25.1 Å². The van der Waals surface area contributed by atoms with Crippen LogP contribution in [0.25, 0.3) is 22.0 Å². The molecule has 1 N–H and O–H groups in total. The molecule has 2 aromatic heterocycles. The van der Waals surface area contributed by atoms with E-state index in [0.29, 0.717) is 23.2 Å². The van der Waals surface area contributed by atoms with Crippen molar-refractivity contribution in [2.75, 3.05) is 7.11 Å². The Kier molecular flexibility index (Phi) is 7.05. The summed E-state index contributed by atoms with van der Waals surface area (Å²) in [5.74, 6) is 0.367. The Balaban J connectivity index is 1.50. The van der Waals surface area contributed by atoms with Crippen molar-refractivity contribution in [3.05, 3.63) is 87.1 Å². The molecule has 0 saturated carbocycles. The monoisotopic (exact) mass is 473 g/mol. The summed E-state index contributed by atoms with van der Waals surface area (Å²) in [6, 6.07) is 17.4. The van der Waals surface area contributed by atoms with Crippen LogP contribution in [-0.4, -0.2) is 38.6 Å². The maximum atomic E-state index is 12.8. The second kappa shape index (κ2) is 10.3. The van der Waals surface area contributed by atoms with Crippen molar-refractivity contribution in [2.45, 2.75) is 39.4 Å². The number of aromatic nitrogens is 4. The summed E-state index contributed by atoms with van der Waals surface area (Å²) in [5.41, 5.74) is 1.56. The molecule has 4 rings (SSSR count). The number of hydrogen-bond donors (Lipinski definition) is 1. The van der Waals surface area contributed by atoms with Gasteiger partial charge in [0, 0.05) is 23.1 Å². The molecule has 0 aliphatic carbocycles. The van der Waals surface area contributed by atoms with Crippen molar-refractivity contribution in [3.63, 3.8) is 0 Å². The molecular weight excluding hydrogens is 446 g/mol. The largest absolute Gasteiger partial charge is 0.497 e. The van der Waals surface area contributed by atoms with Gasteiger partial charge < -0.3 is 10.1 Å². The van der Waals surface area contributed by atoms with Gasteiger partial charge in [0.25, 0.3) is 11.1 Å². The number of nitrogens with zero attached hydrogens (tertiary/aromatic N) is 4. The molecular formula is C26H27N5O4. The fourth-order valence-corrected chi connectivity index (χ4v) is 3.90. The Morgan fingerprint density at radius 1 is 0.971 bits per heavy atom. The molecule has 0 unspecified atom stereocenters. The molecule has 1 amide bonds. The molecule has 0 spiro atoms. The molecule has 9 nitrogen and oxygen atoms in total. The first-order valence-corrected chi connectivity index (χ1v) is 11.4. The van der Waals surface area contributed by atoms with E-state index < -0.39 is 0 Å². The van der Waals surface area contributed by atoms with E-state index in [9.17, 15) is 14.4 Å². The average Bonchev–Trinajstić information content (AvgIpc) is 2.88. The number of methoxy groups -OCH3 is 1. The van der Waals surface area contributed by atoms with Crippen molar-refractivity contribution < 1.29 is 9.53 Å². The van der Waals surface area contributed by atoms with Gasteiger partial charge in [-0.25, -0.2) is 9.36 Å². The molecule has 1 atom stereocenters. The number of nitrogens with one attached hydrogen (secondary N) is 1. The normalized spacial score (nSPS) is 11.9. The van der Waals surface area contributed by atoms with Gasteiger partial charge in [-0.15, -0.1) is 0 Å². The van der Waals surface area contributed by atoms with E-state index >= 15 is 0 Å². The van der Waals surface area contributed by atoms with E-state index in [1.807, 2.05) is 43.3 Å². The van der Waals surface area contributed by atoms with Gasteiger partial charge in [0.2, 0.25) is 5.91 Å². The van der Waals surface area contributed by atoms with E-state index in [1.165, 1.54) is 15.4 Å². The summed E-state index contributed by atoms with van der Waals surface area (Å²) in [7, 11) is 1.60. The quantitative estimate of drug-likeness (QED) is 0.421. The summed E-state index contributed by atoms with van der Waals surface area (Å²) in [4.78, 5) is 38.0. The third kappa shape index (κ3) is 5.29. The van der Waals surface area contributed by atoms with E-state index in [-0.39, 0.29) is 36.2 Å². The van der Waals surface area contributed by atoms with Crippen LogP contribution in [0.5, 0.6) is 5.75 Å². The van der Waals surface area contributed by atoms with Crippen LogP contribution >= 0.6 is 0 Å². The zero-order chi connectivity index (χ0) is 24.9. The molecule has 0 radical (unpaired) electrons. The third-order valence-corrected chi connectivity index (χ3v) is 5.85. The van der Waals surface area contributed by atoms with E-state index in [4.69, 9.17) is 4.74 Å². The number of rotatable bonds is 8. The molecule has 0 fully saturated rings. The van der Waals surface area contributed by atoms with E-state index in [2.05, 4.69) is 15.5 Å². The molecule has 0 saturated heterocycles. The maximum absolute atomic E-state index is 12.8. The Labute approximate surface area is 202 Å². The first-order chi connectivity index (χ1) is 16.9. The highest BCUT2D eigenvalue weighted by Crippen LogP contribution is 2.19. The first kappa shape index (κ1) is 23.9. The molecule has 0 bridgehead atoms. The van der Waals surface area contributed by atoms with Crippen LogP contribution in [0, 0.1) is 6.92 Å². The number of ether oxygens (including phenoxy) is 1. The lowest BCUT2D eigenvalue weighted by molar-refractivity contribution is -0.122. The van der Waals surface area contributed by atoms with Crippen LogP contribution in [-0.2, 0) is 17.9 Å². The minimum Gasteiger partial charge on any atom is -0.497 e. The Morgan fingerprint density at radius 2 is 1.69 bits per heavy atom. The predicted molar refractivity (Wildman–Crippen MR) is 133 cm³/mol. The van der Waals surface area contributed by atoms with Crippen molar-refractivity contribution in [2.24, 2.45) is 0 Å². The lowest BCUT2D eigenvalue weighted by Gasteiger charge is -2.18. The van der Waals surface area contributed by atoms with Crippen molar-refractivity contribution in [1.82, 2.24) is 24.9 Å². The minimum absolute atomic E-state index is 0.199. The zero-order valence-electron chi connectivity index (χ0n) is 19.9. The van der Waals surface area contributed by atoms with Crippen molar-refractivity contribution in [1.29, 1.82) is 0 Å². The number of hydrogen-bond acceptors (Lipinski definition) is 6. The number of carbonyl (C=O) groups excluding carboxylic acids is 1. The lowest BCUT2D eigenvalue weighted by Crippen LogP contribution is -2.43. The second-order valence-electron chi connectivity index (χ2n) is 8.23. The number of benzene rings is 2. The smallest absolute Gasteiger partial charge is 0.275 e. The fraction of sp³-hybridized carbons (Fsp3) is 0.269. The molecule has 2 heterocycles. The Morgan fingerprint density at radius 3 is 2.37 bits per heavy atom. The standard InChI is InChI=1S/C26H27N5O4/c1-4-19(15-30-25(33)14-13-23(29-30)18-9-11-20(35-3)12-10-18)27-24(32)16-31-26(34)22-8-6-5-7-21(22)17(2)28-31/h5-14,19H,4,15-16H2,1-3H3,(H,27,32)/t19-/m1/s1. The van der Waals surface area contributed by atoms with Crippen LogP contribution < -0.4 is 21.2 Å². The zero-order valence-corrected chi connectivity index (χ0v) is 19.9. The van der Waals surface area contributed by atoms with Gasteiger partial charge in [0.05, 0.1) is 30.4 Å². The Hall–Kier alpha value is -4.27. The van der Waals surface area contributed by atoms with Gasteiger partial charge in [-0.05, 0) is 49.7 Å². The molecule has 0 aliphatic heterocycles. The van der Waals surface area contributed by atoms with E-state index in [0.717, 1.165) is 16.7 Å². The van der Waals surface area contributed by atoms with Crippen LogP contribution in [0.2, 0.25) is 0 Å². The average molecular weight is 474 g/mol. The van der Waals surface area contributed by atoms with Gasteiger partial charge in [0.15, 0.2) is 0 Å². The topological polar surface area (TPSA) is 108 Å². The van der Waals surface area contributed by atoms with Crippen LogP contribution in [0.4, 0.5) is 0 Å². The van der Waals surface area contributed by atoms with Crippen LogP contribution in [0.3, 0.4) is 0 Å². The van der Waals surface area contributed by atoms with Crippen LogP contribution in [0.1, 0.15) is 19.0 Å². The highest BCUT2D eigenvalue weighted by Gasteiger charge is 2.16.